The molecule has 2 atom stereocenters. The molecule has 3 N–H and O–H groups in total. The van der Waals surface area contributed by atoms with E-state index in [0.717, 1.165) is 41.0 Å². The van der Waals surface area contributed by atoms with Crippen LogP contribution in [-0.4, -0.2) is 56.8 Å². The molecule has 0 spiro atoms. The number of methoxy groups -OCH3 is 1. The third-order valence-corrected chi connectivity index (χ3v) is 5.53. The highest BCUT2D eigenvalue weighted by Crippen LogP contribution is 2.29. The number of aromatic nitrogens is 5. The quantitative estimate of drug-likeness (QED) is 0.481. The van der Waals surface area contributed by atoms with Gasteiger partial charge in [-0.1, -0.05) is 0 Å². The van der Waals surface area contributed by atoms with Crippen LogP contribution >= 0.6 is 0 Å². The molecule has 4 aromatic heterocycles. The highest BCUT2D eigenvalue weighted by atomic mass is 16.5. The number of nitrogens with one attached hydrogen (secondary N) is 3. The average Bonchev–Trinajstić information content (AvgIpc) is 3.35. The zero-order valence-corrected chi connectivity index (χ0v) is 16.1. The second-order valence-electron chi connectivity index (χ2n) is 7.10. The number of hydrogen-bond donors (Lipinski definition) is 3. The first-order chi connectivity index (χ1) is 14.2. The van der Waals surface area contributed by atoms with Gasteiger partial charge in [0.1, 0.15) is 17.0 Å². The molecule has 4 heterocycles. The maximum Gasteiger partial charge on any atom is 0.257 e. The number of nitrogens with zero attached hydrogens (tertiary/aromatic N) is 4. The van der Waals surface area contributed by atoms with Crippen molar-refractivity contribution in [3.8, 4) is 11.3 Å². The molecule has 0 aliphatic heterocycles. The minimum Gasteiger partial charge on any atom is -0.379 e. The van der Waals surface area contributed by atoms with E-state index in [1.54, 1.807) is 24.0 Å². The van der Waals surface area contributed by atoms with E-state index in [2.05, 4.69) is 25.7 Å². The van der Waals surface area contributed by atoms with Gasteiger partial charge >= 0.3 is 0 Å². The van der Waals surface area contributed by atoms with Crippen LogP contribution in [0.4, 0.5) is 5.82 Å². The molecule has 1 aliphatic carbocycles. The second-order valence-corrected chi connectivity index (χ2v) is 7.10. The summed E-state index contributed by atoms with van der Waals surface area (Å²) in [5.41, 5.74) is 3.36. The molecule has 4 aromatic rings. The molecular weight excluding hydrogens is 370 g/mol. The lowest BCUT2D eigenvalue weighted by molar-refractivity contribution is 0.00732. The van der Waals surface area contributed by atoms with Crippen LogP contribution in [0.3, 0.4) is 0 Å². The van der Waals surface area contributed by atoms with Crippen molar-refractivity contribution in [3.63, 3.8) is 0 Å². The molecule has 1 amide bonds. The Balaban J connectivity index is 1.59. The van der Waals surface area contributed by atoms with E-state index >= 15 is 0 Å². The fourth-order valence-electron chi connectivity index (χ4n) is 3.77. The van der Waals surface area contributed by atoms with Crippen LogP contribution in [0.25, 0.3) is 27.9 Å². The van der Waals surface area contributed by atoms with Crippen molar-refractivity contribution in [2.45, 2.75) is 25.0 Å². The number of pyridine rings is 1. The zero-order valence-electron chi connectivity index (χ0n) is 16.1. The van der Waals surface area contributed by atoms with E-state index in [-0.39, 0.29) is 18.1 Å². The Kier molecular flexibility index (Phi) is 4.17. The number of H-pyrrole nitrogens is 1. The van der Waals surface area contributed by atoms with Gasteiger partial charge in [0, 0.05) is 43.6 Å². The van der Waals surface area contributed by atoms with Crippen LogP contribution in [0.1, 0.15) is 23.2 Å². The Morgan fingerprint density at radius 1 is 1.38 bits per heavy atom. The van der Waals surface area contributed by atoms with Gasteiger partial charge in [-0.25, -0.2) is 9.97 Å². The first-order valence-electron chi connectivity index (χ1n) is 9.52. The number of anilines is 1. The van der Waals surface area contributed by atoms with Crippen LogP contribution in [0.15, 0.2) is 36.8 Å². The number of amides is 1. The van der Waals surface area contributed by atoms with Gasteiger partial charge in [0.2, 0.25) is 0 Å². The molecule has 9 nitrogen and oxygen atoms in total. The highest BCUT2D eigenvalue weighted by Gasteiger charge is 2.33. The SMILES string of the molecule is CNc1cc(-c2c[nH]c3ncccc23)nc2c(C(=O)NC3CC[C@@H]3OC)cnn12. The number of rotatable bonds is 5. The molecule has 1 fully saturated rings. The molecule has 1 aliphatic rings. The molecule has 1 saturated carbocycles. The number of fused-ring (bicyclic) bond motifs is 2. The van der Waals surface area contributed by atoms with Gasteiger partial charge in [-0.3, -0.25) is 4.79 Å². The van der Waals surface area contributed by atoms with Gasteiger partial charge in [-0.05, 0) is 25.0 Å². The molecular formula is C20H21N7O2. The van der Waals surface area contributed by atoms with Gasteiger partial charge in [-0.2, -0.15) is 9.61 Å². The lowest BCUT2D eigenvalue weighted by atomic mass is 9.89. The lowest BCUT2D eigenvalue weighted by Crippen LogP contribution is -2.51. The van der Waals surface area contributed by atoms with Crippen LogP contribution in [0.2, 0.25) is 0 Å². The van der Waals surface area contributed by atoms with Crippen molar-refractivity contribution < 1.29 is 9.53 Å². The first-order valence-corrected chi connectivity index (χ1v) is 9.52. The molecule has 0 radical (unpaired) electrons. The molecule has 1 unspecified atom stereocenters. The van der Waals surface area contributed by atoms with Crippen molar-refractivity contribution in [1.82, 2.24) is 29.9 Å². The minimum absolute atomic E-state index is 0.0223. The Morgan fingerprint density at radius 2 is 2.28 bits per heavy atom. The molecule has 0 saturated heterocycles. The van der Waals surface area contributed by atoms with Crippen LogP contribution < -0.4 is 10.6 Å². The molecule has 0 aromatic carbocycles. The molecule has 148 valence electrons. The van der Waals surface area contributed by atoms with Gasteiger partial charge < -0.3 is 20.4 Å². The third-order valence-electron chi connectivity index (χ3n) is 5.53. The van der Waals surface area contributed by atoms with E-state index in [0.29, 0.717) is 11.2 Å². The molecule has 29 heavy (non-hydrogen) atoms. The standard InChI is InChI=1S/C20H21N7O2/c1-21-17-8-15(12-9-23-18-11(12)4-3-7-22-18)25-19-13(10-24-27(17)19)20(28)26-14-5-6-16(14)29-2/h3-4,7-10,14,16,21H,5-6H2,1-2H3,(H,22,23)(H,26,28)/t14?,16-/m0/s1. The number of hydrogen-bond acceptors (Lipinski definition) is 6. The highest BCUT2D eigenvalue weighted by molar-refractivity contribution is 6.01. The smallest absolute Gasteiger partial charge is 0.257 e. The predicted octanol–water partition coefficient (Wildman–Crippen LogP) is 2.22. The first kappa shape index (κ1) is 17.6. The number of ether oxygens (including phenoxy) is 1. The van der Waals surface area contributed by atoms with Crippen molar-refractivity contribution in [2.75, 3.05) is 19.5 Å². The summed E-state index contributed by atoms with van der Waals surface area (Å²) >= 11 is 0. The van der Waals surface area contributed by atoms with Crippen molar-refractivity contribution in [2.24, 2.45) is 0 Å². The minimum atomic E-state index is -0.195. The summed E-state index contributed by atoms with van der Waals surface area (Å²) < 4.78 is 7.02. The van der Waals surface area contributed by atoms with Crippen LogP contribution in [0.5, 0.6) is 0 Å². The van der Waals surface area contributed by atoms with E-state index in [1.807, 2.05) is 31.4 Å². The largest absolute Gasteiger partial charge is 0.379 e. The zero-order chi connectivity index (χ0) is 20.0. The van der Waals surface area contributed by atoms with Gasteiger partial charge in [0.25, 0.3) is 5.91 Å². The summed E-state index contributed by atoms with van der Waals surface area (Å²) in [5.74, 6) is 0.541. The second kappa shape index (κ2) is 6.85. The predicted molar refractivity (Wildman–Crippen MR) is 109 cm³/mol. The van der Waals surface area contributed by atoms with E-state index in [4.69, 9.17) is 9.72 Å². The van der Waals surface area contributed by atoms with E-state index < -0.39 is 0 Å². The molecule has 5 rings (SSSR count). The maximum atomic E-state index is 12.9. The van der Waals surface area contributed by atoms with Crippen LogP contribution in [0, 0.1) is 0 Å². The Bertz CT molecular complexity index is 1210. The normalized spacial score (nSPS) is 18.7. The Labute approximate surface area is 166 Å². The summed E-state index contributed by atoms with van der Waals surface area (Å²) in [6.45, 7) is 0. The van der Waals surface area contributed by atoms with Crippen molar-refractivity contribution >= 4 is 28.4 Å². The molecule has 0 bridgehead atoms. The maximum absolute atomic E-state index is 12.9. The van der Waals surface area contributed by atoms with Gasteiger partial charge in [-0.15, -0.1) is 0 Å². The summed E-state index contributed by atoms with van der Waals surface area (Å²) in [4.78, 5) is 25.2. The summed E-state index contributed by atoms with van der Waals surface area (Å²) in [6.07, 6.45) is 7.11. The summed E-state index contributed by atoms with van der Waals surface area (Å²) in [7, 11) is 3.48. The Morgan fingerprint density at radius 3 is 3.03 bits per heavy atom. The van der Waals surface area contributed by atoms with Crippen LogP contribution in [-0.2, 0) is 4.74 Å². The van der Waals surface area contributed by atoms with Gasteiger partial charge in [0.05, 0.1) is 24.0 Å². The lowest BCUT2D eigenvalue weighted by Gasteiger charge is -2.35. The Hall–Kier alpha value is -3.46. The molecule has 9 heteroatoms. The topological polar surface area (TPSA) is 109 Å². The van der Waals surface area contributed by atoms with E-state index in [1.165, 1.54) is 0 Å². The van der Waals surface area contributed by atoms with Crippen molar-refractivity contribution in [1.29, 1.82) is 0 Å². The number of aromatic amines is 1. The number of carbonyl (C=O) groups is 1. The monoisotopic (exact) mass is 391 g/mol. The van der Waals surface area contributed by atoms with Crippen molar-refractivity contribution in [3.05, 3.63) is 42.4 Å². The number of carbonyl (C=O) groups excluding carboxylic acids is 1. The van der Waals surface area contributed by atoms with Gasteiger partial charge in [0.15, 0.2) is 5.65 Å². The summed E-state index contributed by atoms with van der Waals surface area (Å²) in [5, 5.41) is 11.5. The fraction of sp³-hybridized carbons (Fsp3) is 0.300. The fourth-order valence-corrected chi connectivity index (χ4v) is 3.77. The third kappa shape index (κ3) is 2.82. The van der Waals surface area contributed by atoms with E-state index in [9.17, 15) is 4.79 Å². The summed E-state index contributed by atoms with van der Waals surface area (Å²) in [6, 6.07) is 5.81. The average molecular weight is 391 g/mol.